The molecule has 1 aromatic rings. The summed E-state index contributed by atoms with van der Waals surface area (Å²) in [6.07, 6.45) is 1.51. The number of carbonyl (C=O) groups excluding carboxylic acids is 1. The molecule has 2 atom stereocenters. The predicted octanol–water partition coefficient (Wildman–Crippen LogP) is 1.56. The Morgan fingerprint density at radius 3 is 2.46 bits per heavy atom. The van der Waals surface area contributed by atoms with E-state index in [-0.39, 0.29) is 23.9 Å². The Morgan fingerprint density at radius 1 is 1.11 bits per heavy atom. The van der Waals surface area contributed by atoms with Crippen molar-refractivity contribution in [3.8, 4) is 0 Å². The molecule has 2 aliphatic heterocycles. The molecule has 0 saturated carbocycles. The summed E-state index contributed by atoms with van der Waals surface area (Å²) < 4.78 is 19.6. The van der Waals surface area contributed by atoms with Crippen LogP contribution in [0.5, 0.6) is 0 Å². The van der Waals surface area contributed by atoms with Crippen LogP contribution in [0.15, 0.2) is 24.3 Å². The van der Waals surface area contributed by atoms with E-state index < -0.39 is 0 Å². The summed E-state index contributed by atoms with van der Waals surface area (Å²) in [5.41, 5.74) is 0.651. The second-order valence-electron chi connectivity index (χ2n) is 7.94. The van der Waals surface area contributed by atoms with E-state index in [4.69, 9.17) is 4.74 Å². The summed E-state index contributed by atoms with van der Waals surface area (Å²) in [6, 6.07) is 6.87. The highest BCUT2D eigenvalue weighted by Gasteiger charge is 2.22. The lowest BCUT2D eigenvalue weighted by Gasteiger charge is -2.36. The number of benzene rings is 1. The van der Waals surface area contributed by atoms with Gasteiger partial charge in [0.15, 0.2) is 0 Å². The molecular weight excluding hydrogens is 359 g/mol. The van der Waals surface area contributed by atoms with Gasteiger partial charge in [-0.2, -0.15) is 0 Å². The Labute approximate surface area is 167 Å². The van der Waals surface area contributed by atoms with Gasteiger partial charge in [-0.25, -0.2) is 4.39 Å². The third-order valence-corrected chi connectivity index (χ3v) is 5.40. The summed E-state index contributed by atoms with van der Waals surface area (Å²) in [6.45, 7) is 11.3. The fourth-order valence-electron chi connectivity index (χ4n) is 4.11. The van der Waals surface area contributed by atoms with Crippen LogP contribution in [0.3, 0.4) is 0 Å². The molecule has 6 nitrogen and oxygen atoms in total. The van der Waals surface area contributed by atoms with Crippen molar-refractivity contribution in [2.45, 2.75) is 32.5 Å². The van der Waals surface area contributed by atoms with E-state index in [9.17, 15) is 9.18 Å². The van der Waals surface area contributed by atoms with E-state index in [1.165, 1.54) is 6.07 Å². The minimum Gasteiger partial charge on any atom is -0.373 e. The van der Waals surface area contributed by atoms with Crippen molar-refractivity contribution in [3.05, 3.63) is 30.1 Å². The standard InChI is InChI=1S/C21H33FN4O2/c1-17-14-25(15-18(2)28-17)9-5-8-23-21(27)16-24-10-12-26(13-11-24)20-7-4-3-6-19(20)22/h3-4,6-7,17-18H,5,8-16H2,1-2H3,(H,23,27). The average Bonchev–Trinajstić information content (AvgIpc) is 2.66. The van der Waals surface area contributed by atoms with Gasteiger partial charge in [-0.05, 0) is 32.4 Å². The zero-order chi connectivity index (χ0) is 19.9. The summed E-state index contributed by atoms with van der Waals surface area (Å²) in [7, 11) is 0. The Balaban J connectivity index is 1.30. The van der Waals surface area contributed by atoms with Crippen LogP contribution in [0.1, 0.15) is 20.3 Å². The Morgan fingerprint density at radius 2 is 1.79 bits per heavy atom. The van der Waals surface area contributed by atoms with E-state index in [2.05, 4.69) is 29.0 Å². The van der Waals surface area contributed by atoms with Gasteiger partial charge in [0.05, 0.1) is 24.4 Å². The lowest BCUT2D eigenvalue weighted by molar-refractivity contribution is -0.122. The summed E-state index contributed by atoms with van der Waals surface area (Å²) in [4.78, 5) is 18.8. The minimum atomic E-state index is -0.183. The molecule has 2 aliphatic rings. The molecule has 1 aromatic carbocycles. The molecule has 2 unspecified atom stereocenters. The second-order valence-corrected chi connectivity index (χ2v) is 7.94. The molecule has 1 N–H and O–H groups in total. The topological polar surface area (TPSA) is 48.1 Å². The van der Waals surface area contributed by atoms with E-state index in [0.29, 0.717) is 18.8 Å². The van der Waals surface area contributed by atoms with Gasteiger partial charge < -0.3 is 15.0 Å². The number of halogens is 1. The summed E-state index contributed by atoms with van der Waals surface area (Å²) in [5, 5.41) is 3.03. The molecule has 28 heavy (non-hydrogen) atoms. The molecule has 3 rings (SSSR count). The molecule has 0 aliphatic carbocycles. The van der Waals surface area contributed by atoms with Crippen molar-refractivity contribution >= 4 is 11.6 Å². The van der Waals surface area contributed by atoms with Crippen LogP contribution in [0.25, 0.3) is 0 Å². The second kappa shape index (κ2) is 10.2. The predicted molar refractivity (Wildman–Crippen MR) is 109 cm³/mol. The van der Waals surface area contributed by atoms with E-state index >= 15 is 0 Å². The lowest BCUT2D eigenvalue weighted by atomic mass is 10.2. The van der Waals surface area contributed by atoms with Crippen molar-refractivity contribution in [2.24, 2.45) is 0 Å². The number of piperazine rings is 1. The fraction of sp³-hybridized carbons (Fsp3) is 0.667. The molecule has 2 fully saturated rings. The van der Waals surface area contributed by atoms with Gasteiger partial charge in [0.2, 0.25) is 5.91 Å². The Bertz CT molecular complexity index is 627. The van der Waals surface area contributed by atoms with Gasteiger partial charge in [-0.15, -0.1) is 0 Å². The van der Waals surface area contributed by atoms with Gasteiger partial charge in [0.1, 0.15) is 5.82 Å². The van der Waals surface area contributed by atoms with Crippen LogP contribution >= 0.6 is 0 Å². The fourth-order valence-corrected chi connectivity index (χ4v) is 4.11. The van der Waals surface area contributed by atoms with Gasteiger partial charge >= 0.3 is 0 Å². The third kappa shape index (κ3) is 6.15. The molecular formula is C21H33FN4O2. The van der Waals surface area contributed by atoms with E-state index in [1.54, 1.807) is 6.07 Å². The molecule has 7 heteroatoms. The molecule has 0 spiro atoms. The molecule has 0 bridgehead atoms. The normalized spacial score (nSPS) is 24.3. The maximum Gasteiger partial charge on any atom is 0.234 e. The van der Waals surface area contributed by atoms with Crippen LogP contribution in [0.4, 0.5) is 10.1 Å². The van der Waals surface area contributed by atoms with Gasteiger partial charge in [0, 0.05) is 52.4 Å². The monoisotopic (exact) mass is 392 g/mol. The first kappa shape index (κ1) is 21.0. The van der Waals surface area contributed by atoms with Crippen LogP contribution in [-0.4, -0.2) is 86.8 Å². The molecule has 0 radical (unpaired) electrons. The minimum absolute atomic E-state index is 0.0723. The zero-order valence-corrected chi connectivity index (χ0v) is 17.1. The molecule has 2 heterocycles. The summed E-state index contributed by atoms with van der Waals surface area (Å²) >= 11 is 0. The van der Waals surface area contributed by atoms with Gasteiger partial charge in [-0.3, -0.25) is 14.6 Å². The highest BCUT2D eigenvalue weighted by atomic mass is 19.1. The van der Waals surface area contributed by atoms with Crippen molar-refractivity contribution < 1.29 is 13.9 Å². The Hall–Kier alpha value is -1.70. The number of amides is 1. The van der Waals surface area contributed by atoms with Crippen LogP contribution < -0.4 is 10.2 Å². The van der Waals surface area contributed by atoms with Crippen LogP contribution in [0, 0.1) is 5.82 Å². The van der Waals surface area contributed by atoms with Crippen molar-refractivity contribution in [3.63, 3.8) is 0 Å². The Kier molecular flexibility index (Phi) is 7.65. The number of rotatable bonds is 7. The highest BCUT2D eigenvalue weighted by Crippen LogP contribution is 2.20. The van der Waals surface area contributed by atoms with Crippen molar-refractivity contribution in [1.29, 1.82) is 0 Å². The molecule has 1 amide bonds. The van der Waals surface area contributed by atoms with Crippen molar-refractivity contribution in [2.75, 3.05) is 63.8 Å². The number of nitrogens with zero attached hydrogens (tertiary/aromatic N) is 3. The first-order valence-corrected chi connectivity index (χ1v) is 10.4. The SMILES string of the molecule is CC1CN(CCCNC(=O)CN2CCN(c3ccccc3F)CC2)CC(C)O1. The number of nitrogens with one attached hydrogen (secondary N) is 1. The lowest BCUT2D eigenvalue weighted by Crippen LogP contribution is -2.50. The molecule has 2 saturated heterocycles. The number of ether oxygens (including phenoxy) is 1. The quantitative estimate of drug-likeness (QED) is 0.714. The zero-order valence-electron chi connectivity index (χ0n) is 17.1. The third-order valence-electron chi connectivity index (χ3n) is 5.40. The van der Waals surface area contributed by atoms with Gasteiger partial charge in [-0.1, -0.05) is 12.1 Å². The maximum absolute atomic E-state index is 13.9. The first-order valence-electron chi connectivity index (χ1n) is 10.4. The van der Waals surface area contributed by atoms with Crippen LogP contribution in [-0.2, 0) is 9.53 Å². The van der Waals surface area contributed by atoms with Crippen molar-refractivity contribution in [1.82, 2.24) is 15.1 Å². The van der Waals surface area contributed by atoms with E-state index in [1.807, 2.05) is 17.0 Å². The number of carbonyl (C=O) groups is 1. The number of para-hydroxylation sites is 1. The molecule has 0 aromatic heterocycles. The maximum atomic E-state index is 13.9. The average molecular weight is 393 g/mol. The first-order chi connectivity index (χ1) is 13.5. The molecule has 156 valence electrons. The number of hydrogen-bond acceptors (Lipinski definition) is 5. The van der Waals surface area contributed by atoms with Gasteiger partial charge in [0.25, 0.3) is 0 Å². The summed E-state index contributed by atoms with van der Waals surface area (Å²) in [5.74, 6) is -0.110. The van der Waals surface area contributed by atoms with E-state index in [0.717, 1.165) is 52.2 Å². The number of hydrogen-bond donors (Lipinski definition) is 1. The largest absolute Gasteiger partial charge is 0.373 e. The van der Waals surface area contributed by atoms with Crippen LogP contribution in [0.2, 0.25) is 0 Å². The number of morpholine rings is 1. The number of anilines is 1. The highest BCUT2D eigenvalue weighted by molar-refractivity contribution is 5.78. The smallest absolute Gasteiger partial charge is 0.234 e.